The number of para-hydroxylation sites is 1. The number of likely N-dealkylation sites (N-methyl/N-ethyl adjacent to an activating group) is 1. The molecule has 33 heavy (non-hydrogen) atoms. The molecule has 1 aliphatic heterocycles. The molecule has 0 saturated carbocycles. The van der Waals surface area contributed by atoms with Crippen molar-refractivity contribution in [3.63, 3.8) is 0 Å². The van der Waals surface area contributed by atoms with Crippen molar-refractivity contribution in [3.8, 4) is 11.5 Å². The molecule has 0 spiro atoms. The summed E-state index contributed by atoms with van der Waals surface area (Å²) in [4.78, 5) is 32.8. The van der Waals surface area contributed by atoms with E-state index >= 15 is 0 Å². The summed E-state index contributed by atoms with van der Waals surface area (Å²) in [5.41, 5.74) is 1.96. The third-order valence-electron chi connectivity index (χ3n) is 5.62. The van der Waals surface area contributed by atoms with Crippen LogP contribution in [0.5, 0.6) is 0 Å². The average molecular weight is 468 g/mol. The van der Waals surface area contributed by atoms with Crippen LogP contribution in [-0.2, 0) is 6.42 Å². The van der Waals surface area contributed by atoms with Crippen LogP contribution < -0.4 is 5.32 Å². The van der Waals surface area contributed by atoms with Crippen LogP contribution in [0.25, 0.3) is 11.5 Å². The summed E-state index contributed by atoms with van der Waals surface area (Å²) in [6.45, 7) is 2.04. The van der Waals surface area contributed by atoms with Gasteiger partial charge in [-0.05, 0) is 55.7 Å². The minimum Gasteiger partial charge on any atom is -0.339 e. The molecule has 8 nitrogen and oxygen atoms in total. The van der Waals surface area contributed by atoms with Gasteiger partial charge in [-0.3, -0.25) is 4.79 Å². The van der Waals surface area contributed by atoms with Crippen molar-refractivity contribution in [3.05, 3.63) is 64.9 Å². The van der Waals surface area contributed by atoms with E-state index in [0.717, 1.165) is 31.5 Å². The highest BCUT2D eigenvalue weighted by Crippen LogP contribution is 2.21. The molecule has 0 aliphatic carbocycles. The molecular formula is C24H26ClN5O3. The average Bonchev–Trinajstić information content (AvgIpc) is 3.33. The molecule has 9 heteroatoms. The van der Waals surface area contributed by atoms with Gasteiger partial charge in [0, 0.05) is 44.2 Å². The topological polar surface area (TPSA) is 91.6 Å². The Kier molecular flexibility index (Phi) is 7.24. The van der Waals surface area contributed by atoms with Gasteiger partial charge < -0.3 is 19.6 Å². The van der Waals surface area contributed by atoms with Crippen LogP contribution in [0.4, 0.5) is 10.5 Å². The zero-order valence-electron chi connectivity index (χ0n) is 18.5. The quantitative estimate of drug-likeness (QED) is 0.566. The summed E-state index contributed by atoms with van der Waals surface area (Å²) in [5, 5.41) is 7.26. The number of rotatable bonds is 6. The van der Waals surface area contributed by atoms with Crippen LogP contribution in [0.3, 0.4) is 0 Å². The van der Waals surface area contributed by atoms with Crippen molar-refractivity contribution in [1.29, 1.82) is 0 Å². The zero-order valence-corrected chi connectivity index (χ0v) is 19.2. The summed E-state index contributed by atoms with van der Waals surface area (Å²) in [6, 6.07) is 14.0. The molecule has 1 N–H and O–H groups in total. The van der Waals surface area contributed by atoms with E-state index in [0.29, 0.717) is 41.0 Å². The van der Waals surface area contributed by atoms with E-state index < -0.39 is 0 Å². The molecular weight excluding hydrogens is 442 g/mol. The van der Waals surface area contributed by atoms with E-state index in [1.165, 1.54) is 11.3 Å². The molecule has 1 fully saturated rings. The Bertz CT molecular complexity index is 1110. The Morgan fingerprint density at radius 1 is 1.09 bits per heavy atom. The molecule has 2 aromatic carbocycles. The summed E-state index contributed by atoms with van der Waals surface area (Å²) >= 11 is 6.09. The number of likely N-dealkylation sites (tertiary alicyclic amines) is 1. The molecule has 1 saturated heterocycles. The van der Waals surface area contributed by atoms with Crippen LogP contribution >= 0.6 is 11.6 Å². The maximum Gasteiger partial charge on any atom is 0.321 e. The number of hydrogen-bond acceptors (Lipinski definition) is 5. The van der Waals surface area contributed by atoms with Gasteiger partial charge in [0.05, 0.1) is 10.7 Å². The second kappa shape index (κ2) is 10.5. The standard InChI is InChI=1S/C24H26ClN5O3/c1-29(24(32)26-20-8-4-3-7-19(20)25)16-13-21-27-22(33-28-21)17-9-11-18(12-10-17)23(31)30-14-5-2-6-15-30/h3-4,7-12H,2,5-6,13-16H2,1H3,(H,26,32). The third kappa shape index (κ3) is 5.70. The highest BCUT2D eigenvalue weighted by molar-refractivity contribution is 6.33. The summed E-state index contributed by atoms with van der Waals surface area (Å²) in [5.74, 6) is 0.937. The number of anilines is 1. The van der Waals surface area contributed by atoms with Gasteiger partial charge in [0.15, 0.2) is 5.82 Å². The minimum absolute atomic E-state index is 0.0607. The predicted molar refractivity (Wildman–Crippen MR) is 126 cm³/mol. The maximum atomic E-state index is 12.6. The highest BCUT2D eigenvalue weighted by atomic mass is 35.5. The second-order valence-electron chi connectivity index (χ2n) is 8.03. The van der Waals surface area contributed by atoms with Crippen molar-refractivity contribution in [2.45, 2.75) is 25.7 Å². The number of piperidine rings is 1. The van der Waals surface area contributed by atoms with E-state index in [1.54, 1.807) is 43.4 Å². The maximum absolute atomic E-state index is 12.6. The summed E-state index contributed by atoms with van der Waals surface area (Å²) < 4.78 is 5.38. The smallest absolute Gasteiger partial charge is 0.321 e. The number of nitrogens with one attached hydrogen (secondary N) is 1. The first-order chi connectivity index (χ1) is 16.0. The van der Waals surface area contributed by atoms with Crippen LogP contribution in [0.15, 0.2) is 53.1 Å². The molecule has 3 aromatic rings. The molecule has 1 aliphatic rings. The van der Waals surface area contributed by atoms with Gasteiger partial charge >= 0.3 is 6.03 Å². The van der Waals surface area contributed by atoms with E-state index in [9.17, 15) is 9.59 Å². The van der Waals surface area contributed by atoms with Gasteiger partial charge in [-0.1, -0.05) is 28.9 Å². The number of benzene rings is 2. The van der Waals surface area contributed by atoms with Crippen molar-refractivity contribution < 1.29 is 14.1 Å². The lowest BCUT2D eigenvalue weighted by atomic mass is 10.1. The van der Waals surface area contributed by atoms with Gasteiger partial charge in [0.1, 0.15) is 0 Å². The van der Waals surface area contributed by atoms with Gasteiger partial charge in [-0.15, -0.1) is 0 Å². The summed E-state index contributed by atoms with van der Waals surface area (Å²) in [7, 11) is 1.69. The number of halogens is 1. The van der Waals surface area contributed by atoms with Crippen LogP contribution in [0.2, 0.25) is 5.02 Å². The fraction of sp³-hybridized carbons (Fsp3) is 0.333. The lowest BCUT2D eigenvalue weighted by Gasteiger charge is -2.26. The number of urea groups is 1. The predicted octanol–water partition coefficient (Wildman–Crippen LogP) is 4.72. The fourth-order valence-electron chi connectivity index (χ4n) is 3.65. The first-order valence-corrected chi connectivity index (χ1v) is 11.4. The number of carbonyl (C=O) groups excluding carboxylic acids is 2. The molecule has 1 aromatic heterocycles. The Morgan fingerprint density at radius 2 is 1.82 bits per heavy atom. The molecule has 0 bridgehead atoms. The van der Waals surface area contributed by atoms with Gasteiger partial charge in [-0.25, -0.2) is 4.79 Å². The second-order valence-corrected chi connectivity index (χ2v) is 8.43. The molecule has 0 atom stereocenters. The van der Waals surface area contributed by atoms with E-state index in [2.05, 4.69) is 15.5 Å². The van der Waals surface area contributed by atoms with Crippen LogP contribution in [0.1, 0.15) is 35.4 Å². The highest BCUT2D eigenvalue weighted by Gasteiger charge is 2.19. The van der Waals surface area contributed by atoms with E-state index in [4.69, 9.17) is 16.1 Å². The van der Waals surface area contributed by atoms with E-state index in [1.807, 2.05) is 17.0 Å². The number of hydrogen-bond donors (Lipinski definition) is 1. The first kappa shape index (κ1) is 22.8. The number of amides is 3. The number of nitrogens with zero attached hydrogens (tertiary/aromatic N) is 4. The monoisotopic (exact) mass is 467 g/mol. The first-order valence-electron chi connectivity index (χ1n) is 11.0. The third-order valence-corrected chi connectivity index (χ3v) is 5.95. The zero-order chi connectivity index (χ0) is 23.2. The number of aromatic nitrogens is 2. The minimum atomic E-state index is -0.277. The van der Waals surface area contributed by atoms with Gasteiger partial charge in [0.25, 0.3) is 11.8 Å². The molecule has 0 unspecified atom stereocenters. The number of carbonyl (C=O) groups is 2. The van der Waals surface area contributed by atoms with Crippen LogP contribution in [-0.4, -0.2) is 58.6 Å². The van der Waals surface area contributed by atoms with E-state index in [-0.39, 0.29) is 11.9 Å². The lowest BCUT2D eigenvalue weighted by molar-refractivity contribution is 0.0724. The van der Waals surface area contributed by atoms with Crippen molar-refractivity contribution in [2.24, 2.45) is 0 Å². The van der Waals surface area contributed by atoms with Crippen molar-refractivity contribution in [1.82, 2.24) is 19.9 Å². The molecule has 4 rings (SSSR count). The molecule has 2 heterocycles. The fourth-order valence-corrected chi connectivity index (χ4v) is 3.83. The lowest BCUT2D eigenvalue weighted by Crippen LogP contribution is -2.35. The van der Waals surface area contributed by atoms with Gasteiger partial charge in [-0.2, -0.15) is 4.98 Å². The normalized spacial score (nSPS) is 13.6. The Labute approximate surface area is 197 Å². The SMILES string of the molecule is CN(CCc1noc(-c2ccc(C(=O)N3CCCCC3)cc2)n1)C(=O)Nc1ccccc1Cl. The summed E-state index contributed by atoms with van der Waals surface area (Å²) in [6.07, 6.45) is 3.74. The van der Waals surface area contributed by atoms with Crippen LogP contribution in [0, 0.1) is 0 Å². The Morgan fingerprint density at radius 3 is 2.55 bits per heavy atom. The Balaban J connectivity index is 1.31. The van der Waals surface area contributed by atoms with Crippen molar-refractivity contribution in [2.75, 3.05) is 32.0 Å². The van der Waals surface area contributed by atoms with Crippen molar-refractivity contribution >= 4 is 29.2 Å². The Hall–Kier alpha value is -3.39. The molecule has 0 radical (unpaired) electrons. The van der Waals surface area contributed by atoms with Gasteiger partial charge in [0.2, 0.25) is 0 Å². The molecule has 3 amide bonds. The molecule has 172 valence electrons. The largest absolute Gasteiger partial charge is 0.339 e.